The summed E-state index contributed by atoms with van der Waals surface area (Å²) in [5, 5.41) is 0. The van der Waals surface area contributed by atoms with Crippen LogP contribution in [-0.4, -0.2) is 9.97 Å². The Morgan fingerprint density at radius 1 is 1.71 bits per heavy atom. The van der Waals surface area contributed by atoms with Crippen LogP contribution in [0, 0.1) is 6.92 Å². The van der Waals surface area contributed by atoms with E-state index in [0.29, 0.717) is 0 Å². The fraction of sp³-hybridized carbons (Fsp3) is 0.250. The Labute approximate surface area is 67.6 Å². The number of nitrogens with zero attached hydrogens (tertiary/aromatic N) is 1. The number of hydrogen-bond donors (Lipinski definition) is 1. The van der Waals surface area contributed by atoms with Crippen LogP contribution < -0.4 is 0 Å². The molecule has 1 aromatic rings. The predicted molar refractivity (Wildman–Crippen MR) is 23.3 cm³/mol. The molecule has 1 N–H and O–H groups in total. The minimum Gasteiger partial charge on any atom is -0.349 e. The standard InChI is InChI=1S/C4H6N2.Y/c1-4-2-5-3-6-4;/h2-3H,1H3,(H,5,6);. The van der Waals surface area contributed by atoms with Gasteiger partial charge in [-0.05, 0) is 6.92 Å². The van der Waals surface area contributed by atoms with Crippen molar-refractivity contribution in [3.8, 4) is 0 Å². The van der Waals surface area contributed by atoms with E-state index >= 15 is 0 Å². The fourth-order valence-corrected chi connectivity index (χ4v) is 0.325. The number of H-pyrrole nitrogens is 1. The van der Waals surface area contributed by atoms with Gasteiger partial charge in [-0.25, -0.2) is 4.98 Å². The Balaban J connectivity index is 0.000000360. The van der Waals surface area contributed by atoms with Gasteiger partial charge in [0.05, 0.1) is 6.33 Å². The van der Waals surface area contributed by atoms with Crippen molar-refractivity contribution in [2.24, 2.45) is 0 Å². The molecule has 0 aromatic carbocycles. The van der Waals surface area contributed by atoms with Gasteiger partial charge in [-0.1, -0.05) is 0 Å². The SMILES string of the molecule is Cc1cnc[nH]1.[Y]. The molecule has 35 valence electrons. The van der Waals surface area contributed by atoms with Gasteiger partial charge < -0.3 is 4.98 Å². The molecule has 0 fully saturated rings. The van der Waals surface area contributed by atoms with Gasteiger partial charge in [0.2, 0.25) is 0 Å². The second-order valence-corrected chi connectivity index (χ2v) is 1.23. The summed E-state index contributed by atoms with van der Waals surface area (Å²) < 4.78 is 0. The summed E-state index contributed by atoms with van der Waals surface area (Å²) in [5.41, 5.74) is 1.11. The van der Waals surface area contributed by atoms with Crippen LogP contribution in [0.1, 0.15) is 5.69 Å². The minimum atomic E-state index is 0. The molecular weight excluding hydrogens is 165 g/mol. The van der Waals surface area contributed by atoms with E-state index < -0.39 is 0 Å². The van der Waals surface area contributed by atoms with Gasteiger partial charge in [0.25, 0.3) is 0 Å². The molecule has 0 amide bonds. The van der Waals surface area contributed by atoms with Crippen molar-refractivity contribution >= 4 is 0 Å². The van der Waals surface area contributed by atoms with Crippen molar-refractivity contribution in [3.63, 3.8) is 0 Å². The third kappa shape index (κ3) is 2.20. The Hall–Kier alpha value is 0.314. The average Bonchev–Trinajstić information content (AvgIpc) is 1.86. The summed E-state index contributed by atoms with van der Waals surface area (Å²) in [5.74, 6) is 0. The summed E-state index contributed by atoms with van der Waals surface area (Å²) >= 11 is 0. The molecule has 3 heteroatoms. The predicted octanol–water partition coefficient (Wildman–Crippen LogP) is 0.716. The average molecular weight is 171 g/mol. The van der Waals surface area contributed by atoms with Gasteiger partial charge in [0.1, 0.15) is 0 Å². The van der Waals surface area contributed by atoms with Crippen molar-refractivity contribution in [3.05, 3.63) is 18.2 Å². The molecule has 0 aliphatic heterocycles. The van der Waals surface area contributed by atoms with Gasteiger partial charge in [-0.3, -0.25) is 0 Å². The number of aromatic nitrogens is 2. The fourth-order valence-electron chi connectivity index (χ4n) is 0.325. The molecule has 1 rings (SSSR count). The molecule has 7 heavy (non-hydrogen) atoms. The Bertz CT molecular complexity index is 113. The van der Waals surface area contributed by atoms with Crippen LogP contribution in [0.2, 0.25) is 0 Å². The van der Waals surface area contributed by atoms with Crippen molar-refractivity contribution < 1.29 is 32.7 Å². The Morgan fingerprint density at radius 3 is 2.57 bits per heavy atom. The molecular formula is C4H6N2Y. The van der Waals surface area contributed by atoms with E-state index in [1.165, 1.54) is 0 Å². The van der Waals surface area contributed by atoms with Gasteiger partial charge in [0, 0.05) is 44.6 Å². The molecule has 0 aliphatic rings. The molecule has 1 radical (unpaired) electrons. The maximum atomic E-state index is 3.77. The van der Waals surface area contributed by atoms with Crippen LogP contribution in [0.4, 0.5) is 0 Å². The summed E-state index contributed by atoms with van der Waals surface area (Å²) in [6.07, 6.45) is 3.44. The van der Waals surface area contributed by atoms with Gasteiger partial charge in [-0.2, -0.15) is 0 Å². The first kappa shape index (κ1) is 7.31. The van der Waals surface area contributed by atoms with Crippen molar-refractivity contribution in [2.75, 3.05) is 0 Å². The van der Waals surface area contributed by atoms with E-state index in [9.17, 15) is 0 Å². The molecule has 0 unspecified atom stereocenters. The monoisotopic (exact) mass is 171 g/mol. The number of aromatic amines is 1. The maximum absolute atomic E-state index is 3.77. The summed E-state index contributed by atoms with van der Waals surface area (Å²) in [6, 6.07) is 0. The quantitative estimate of drug-likeness (QED) is 0.611. The first-order valence-corrected chi connectivity index (χ1v) is 1.84. The zero-order valence-electron chi connectivity index (χ0n) is 4.18. The van der Waals surface area contributed by atoms with E-state index in [-0.39, 0.29) is 32.7 Å². The molecule has 0 spiro atoms. The van der Waals surface area contributed by atoms with Crippen LogP contribution >= 0.6 is 0 Å². The molecule has 0 saturated carbocycles. The second-order valence-electron chi connectivity index (χ2n) is 1.23. The van der Waals surface area contributed by atoms with Crippen LogP contribution in [0.5, 0.6) is 0 Å². The molecule has 0 atom stereocenters. The zero-order chi connectivity index (χ0) is 4.41. The summed E-state index contributed by atoms with van der Waals surface area (Å²) in [6.45, 7) is 1.97. The van der Waals surface area contributed by atoms with E-state index in [0.717, 1.165) is 5.69 Å². The number of imidazole rings is 1. The third-order valence-corrected chi connectivity index (χ3v) is 0.635. The van der Waals surface area contributed by atoms with Crippen LogP contribution in [-0.2, 0) is 32.7 Å². The molecule has 2 nitrogen and oxygen atoms in total. The van der Waals surface area contributed by atoms with Crippen molar-refractivity contribution in [1.82, 2.24) is 9.97 Å². The van der Waals surface area contributed by atoms with Crippen molar-refractivity contribution in [2.45, 2.75) is 6.92 Å². The number of aryl methyl sites for hydroxylation is 1. The van der Waals surface area contributed by atoms with Crippen LogP contribution in [0.25, 0.3) is 0 Å². The molecule has 0 saturated heterocycles. The van der Waals surface area contributed by atoms with E-state index in [2.05, 4.69) is 9.97 Å². The maximum Gasteiger partial charge on any atom is 0.0921 e. The molecule has 1 heterocycles. The van der Waals surface area contributed by atoms with Gasteiger partial charge >= 0.3 is 0 Å². The smallest absolute Gasteiger partial charge is 0.0921 e. The topological polar surface area (TPSA) is 28.7 Å². The normalized spacial score (nSPS) is 7.57. The number of nitrogens with one attached hydrogen (secondary N) is 1. The van der Waals surface area contributed by atoms with Gasteiger partial charge in [-0.15, -0.1) is 0 Å². The largest absolute Gasteiger partial charge is 0.349 e. The van der Waals surface area contributed by atoms with Crippen LogP contribution in [0.15, 0.2) is 12.5 Å². The zero-order valence-corrected chi connectivity index (χ0v) is 7.02. The summed E-state index contributed by atoms with van der Waals surface area (Å²) in [7, 11) is 0. The summed E-state index contributed by atoms with van der Waals surface area (Å²) in [4.78, 5) is 6.66. The molecule has 0 aliphatic carbocycles. The Morgan fingerprint density at radius 2 is 2.43 bits per heavy atom. The second kappa shape index (κ2) is 3.33. The van der Waals surface area contributed by atoms with E-state index in [1.54, 1.807) is 12.5 Å². The number of hydrogen-bond acceptors (Lipinski definition) is 1. The first-order chi connectivity index (χ1) is 2.89. The van der Waals surface area contributed by atoms with E-state index in [4.69, 9.17) is 0 Å². The minimum absolute atomic E-state index is 0. The first-order valence-electron chi connectivity index (χ1n) is 1.84. The third-order valence-electron chi connectivity index (χ3n) is 0.635. The Kier molecular flexibility index (Phi) is 3.48. The number of rotatable bonds is 0. The van der Waals surface area contributed by atoms with Crippen LogP contribution in [0.3, 0.4) is 0 Å². The molecule has 0 bridgehead atoms. The van der Waals surface area contributed by atoms with Crippen molar-refractivity contribution in [1.29, 1.82) is 0 Å². The molecule has 1 aromatic heterocycles. The van der Waals surface area contributed by atoms with Gasteiger partial charge in [0.15, 0.2) is 0 Å². The van der Waals surface area contributed by atoms with E-state index in [1.807, 2.05) is 6.92 Å².